The van der Waals surface area contributed by atoms with Crippen LogP contribution >= 0.6 is 12.6 Å². The van der Waals surface area contributed by atoms with Gasteiger partial charge in [0.1, 0.15) is 5.82 Å². The Kier molecular flexibility index (Phi) is 6.41. The molecule has 0 aliphatic carbocycles. The van der Waals surface area contributed by atoms with Crippen molar-refractivity contribution in [1.82, 2.24) is 0 Å². The number of hydrogen-bond acceptors (Lipinski definition) is 2. The molecule has 0 radical (unpaired) electrons. The van der Waals surface area contributed by atoms with Crippen molar-refractivity contribution in [2.45, 2.75) is 26.7 Å². The molecule has 1 aromatic carbocycles. The lowest BCUT2D eigenvalue weighted by Crippen LogP contribution is -2.25. The van der Waals surface area contributed by atoms with Crippen LogP contribution in [0.4, 0.5) is 10.1 Å². The largest absolute Gasteiger partial charge is 0.372 e. The van der Waals surface area contributed by atoms with Gasteiger partial charge < -0.3 is 4.90 Å². The van der Waals surface area contributed by atoms with Gasteiger partial charge in [0.25, 0.3) is 0 Å². The van der Waals surface area contributed by atoms with E-state index >= 15 is 0 Å². The number of nitrogens with zero attached hydrogens (tertiary/aromatic N) is 1. The van der Waals surface area contributed by atoms with Crippen molar-refractivity contribution in [3.63, 3.8) is 0 Å². The zero-order valence-corrected chi connectivity index (χ0v) is 11.6. The van der Waals surface area contributed by atoms with Crippen LogP contribution in [0.1, 0.15) is 26.7 Å². The molecule has 1 rings (SSSR count). The summed E-state index contributed by atoms with van der Waals surface area (Å²) >= 11 is 4.25. The summed E-state index contributed by atoms with van der Waals surface area (Å²) in [6, 6.07) is 6.83. The zero-order valence-electron chi connectivity index (χ0n) is 10.7. The second kappa shape index (κ2) is 7.59. The molecular formula is C14H22FNS. The molecule has 0 bridgehead atoms. The van der Waals surface area contributed by atoms with Gasteiger partial charge in [0.2, 0.25) is 0 Å². The third-order valence-electron chi connectivity index (χ3n) is 3.07. The van der Waals surface area contributed by atoms with Crippen LogP contribution < -0.4 is 4.90 Å². The average Bonchev–Trinajstić information content (AvgIpc) is 2.30. The maximum absolute atomic E-state index is 13.1. The van der Waals surface area contributed by atoms with Gasteiger partial charge in [-0.15, -0.1) is 0 Å². The lowest BCUT2D eigenvalue weighted by Gasteiger charge is -2.24. The van der Waals surface area contributed by atoms with Gasteiger partial charge in [0.15, 0.2) is 0 Å². The highest BCUT2D eigenvalue weighted by Crippen LogP contribution is 2.17. The molecule has 1 unspecified atom stereocenters. The second-order valence-electron chi connectivity index (χ2n) is 4.47. The molecule has 0 saturated carbocycles. The van der Waals surface area contributed by atoms with Crippen LogP contribution in [0.25, 0.3) is 0 Å². The lowest BCUT2D eigenvalue weighted by molar-refractivity contribution is 0.516. The van der Waals surface area contributed by atoms with E-state index < -0.39 is 0 Å². The Morgan fingerprint density at radius 1 is 1.35 bits per heavy atom. The van der Waals surface area contributed by atoms with E-state index in [9.17, 15) is 4.39 Å². The Labute approximate surface area is 109 Å². The average molecular weight is 255 g/mol. The van der Waals surface area contributed by atoms with E-state index in [-0.39, 0.29) is 5.82 Å². The molecular weight excluding hydrogens is 233 g/mol. The molecule has 0 fully saturated rings. The standard InChI is InChI=1S/C14H22FNS/c1-3-16(9-7-12(2)8-10-17)14-6-4-5-13(15)11-14/h4-6,11-12,17H,3,7-10H2,1-2H3. The Balaban J connectivity index is 2.54. The van der Waals surface area contributed by atoms with Crippen molar-refractivity contribution in [3.05, 3.63) is 30.1 Å². The molecule has 0 amide bonds. The summed E-state index contributed by atoms with van der Waals surface area (Å²) < 4.78 is 13.1. The van der Waals surface area contributed by atoms with Gasteiger partial charge in [-0.3, -0.25) is 0 Å². The minimum atomic E-state index is -0.163. The van der Waals surface area contributed by atoms with Crippen LogP contribution in [-0.2, 0) is 0 Å². The van der Waals surface area contributed by atoms with Gasteiger partial charge in [-0.25, -0.2) is 4.39 Å². The molecule has 0 spiro atoms. The fraction of sp³-hybridized carbons (Fsp3) is 0.571. The highest BCUT2D eigenvalue weighted by Gasteiger charge is 2.07. The van der Waals surface area contributed by atoms with Gasteiger partial charge in [0, 0.05) is 18.8 Å². The highest BCUT2D eigenvalue weighted by molar-refractivity contribution is 7.80. The van der Waals surface area contributed by atoms with Crippen molar-refractivity contribution in [1.29, 1.82) is 0 Å². The fourth-order valence-electron chi connectivity index (χ4n) is 1.88. The number of anilines is 1. The Hall–Kier alpha value is -0.700. The monoisotopic (exact) mass is 255 g/mol. The van der Waals surface area contributed by atoms with E-state index in [1.165, 1.54) is 6.07 Å². The van der Waals surface area contributed by atoms with Gasteiger partial charge in [-0.2, -0.15) is 12.6 Å². The van der Waals surface area contributed by atoms with Crippen LogP contribution in [0.15, 0.2) is 24.3 Å². The van der Waals surface area contributed by atoms with E-state index in [1.807, 2.05) is 6.07 Å². The SMILES string of the molecule is CCN(CCC(C)CCS)c1cccc(F)c1. The summed E-state index contributed by atoms with van der Waals surface area (Å²) in [6.07, 6.45) is 2.27. The molecule has 0 aliphatic rings. The van der Waals surface area contributed by atoms with E-state index in [0.29, 0.717) is 5.92 Å². The first-order valence-corrected chi connectivity index (χ1v) is 6.92. The topological polar surface area (TPSA) is 3.24 Å². The summed E-state index contributed by atoms with van der Waals surface area (Å²) in [6.45, 7) is 6.25. The normalized spacial score (nSPS) is 12.5. The van der Waals surface area contributed by atoms with Gasteiger partial charge >= 0.3 is 0 Å². The minimum Gasteiger partial charge on any atom is -0.372 e. The van der Waals surface area contributed by atoms with E-state index in [2.05, 4.69) is 31.4 Å². The summed E-state index contributed by atoms with van der Waals surface area (Å²) in [7, 11) is 0. The molecule has 0 aliphatic heterocycles. The summed E-state index contributed by atoms with van der Waals surface area (Å²) in [5.41, 5.74) is 0.977. The van der Waals surface area contributed by atoms with Crippen molar-refractivity contribution in [3.8, 4) is 0 Å². The Morgan fingerprint density at radius 3 is 2.71 bits per heavy atom. The first-order chi connectivity index (χ1) is 8.17. The van der Waals surface area contributed by atoms with Gasteiger partial charge in [-0.1, -0.05) is 13.0 Å². The molecule has 0 N–H and O–H groups in total. The van der Waals surface area contributed by atoms with Crippen molar-refractivity contribution in [2.75, 3.05) is 23.7 Å². The van der Waals surface area contributed by atoms with Crippen LogP contribution in [0.2, 0.25) is 0 Å². The fourth-order valence-corrected chi connectivity index (χ4v) is 2.32. The van der Waals surface area contributed by atoms with Crippen LogP contribution in [-0.4, -0.2) is 18.8 Å². The summed E-state index contributed by atoms with van der Waals surface area (Å²) in [4.78, 5) is 2.22. The van der Waals surface area contributed by atoms with Gasteiger partial charge in [-0.05, 0) is 49.6 Å². The molecule has 0 saturated heterocycles. The Morgan fingerprint density at radius 2 is 2.12 bits per heavy atom. The quantitative estimate of drug-likeness (QED) is 0.721. The molecule has 1 atom stereocenters. The maximum atomic E-state index is 13.1. The minimum absolute atomic E-state index is 0.163. The number of thiol groups is 1. The molecule has 0 aromatic heterocycles. The Bertz CT molecular complexity index is 330. The lowest BCUT2D eigenvalue weighted by atomic mass is 10.0. The third-order valence-corrected chi connectivity index (χ3v) is 3.33. The molecule has 1 aromatic rings. The first-order valence-electron chi connectivity index (χ1n) is 6.28. The number of halogens is 1. The third kappa shape index (κ3) is 4.99. The number of hydrogen-bond donors (Lipinski definition) is 1. The zero-order chi connectivity index (χ0) is 12.7. The highest BCUT2D eigenvalue weighted by atomic mass is 32.1. The predicted octanol–water partition coefficient (Wildman–Crippen LogP) is 4.00. The van der Waals surface area contributed by atoms with Crippen LogP contribution in [0, 0.1) is 11.7 Å². The van der Waals surface area contributed by atoms with E-state index in [0.717, 1.165) is 37.4 Å². The second-order valence-corrected chi connectivity index (χ2v) is 4.91. The van der Waals surface area contributed by atoms with Crippen molar-refractivity contribution in [2.24, 2.45) is 5.92 Å². The number of rotatable bonds is 7. The molecule has 0 heterocycles. The predicted molar refractivity (Wildman–Crippen MR) is 76.5 cm³/mol. The summed E-state index contributed by atoms with van der Waals surface area (Å²) in [5, 5.41) is 0. The molecule has 96 valence electrons. The van der Waals surface area contributed by atoms with Crippen LogP contribution in [0.3, 0.4) is 0 Å². The van der Waals surface area contributed by atoms with E-state index in [1.54, 1.807) is 12.1 Å². The van der Waals surface area contributed by atoms with Crippen molar-refractivity contribution < 1.29 is 4.39 Å². The van der Waals surface area contributed by atoms with E-state index in [4.69, 9.17) is 0 Å². The first kappa shape index (κ1) is 14.4. The molecule has 3 heteroatoms. The van der Waals surface area contributed by atoms with Crippen LogP contribution in [0.5, 0.6) is 0 Å². The smallest absolute Gasteiger partial charge is 0.125 e. The summed E-state index contributed by atoms with van der Waals surface area (Å²) in [5.74, 6) is 1.45. The number of benzene rings is 1. The molecule has 17 heavy (non-hydrogen) atoms. The van der Waals surface area contributed by atoms with Gasteiger partial charge in [0.05, 0.1) is 0 Å². The van der Waals surface area contributed by atoms with Crippen molar-refractivity contribution >= 4 is 18.3 Å². The molecule has 1 nitrogen and oxygen atoms in total. The maximum Gasteiger partial charge on any atom is 0.125 e.